The summed E-state index contributed by atoms with van der Waals surface area (Å²) in [4.78, 5) is 27.9. The van der Waals surface area contributed by atoms with Crippen LogP contribution in [-0.4, -0.2) is 23.4 Å². The first kappa shape index (κ1) is 14.2. The van der Waals surface area contributed by atoms with Gasteiger partial charge in [-0.3, -0.25) is 14.6 Å². The van der Waals surface area contributed by atoms with Crippen LogP contribution < -0.4 is 15.4 Å². The Bertz CT molecular complexity index is 969. The quantitative estimate of drug-likeness (QED) is 0.761. The lowest BCUT2D eigenvalue weighted by molar-refractivity contribution is -0.118. The summed E-state index contributed by atoms with van der Waals surface area (Å²) < 4.78 is 5.35. The zero-order valence-corrected chi connectivity index (χ0v) is 12.6. The summed E-state index contributed by atoms with van der Waals surface area (Å²) in [6.45, 7) is -0.0257. The molecule has 0 saturated carbocycles. The monoisotopic (exact) mass is 319 g/mol. The van der Waals surface area contributed by atoms with Gasteiger partial charge >= 0.3 is 0 Å². The molecule has 2 aromatic carbocycles. The first-order valence-corrected chi connectivity index (χ1v) is 7.42. The van der Waals surface area contributed by atoms with Crippen LogP contribution >= 0.6 is 0 Å². The zero-order valence-electron chi connectivity index (χ0n) is 12.6. The normalized spacial score (nSPS) is 12.9. The van der Waals surface area contributed by atoms with E-state index in [9.17, 15) is 9.59 Å². The molecule has 0 fully saturated rings. The number of amides is 2. The van der Waals surface area contributed by atoms with Crippen LogP contribution in [0.1, 0.15) is 10.4 Å². The van der Waals surface area contributed by atoms with E-state index < -0.39 is 0 Å². The van der Waals surface area contributed by atoms with Gasteiger partial charge in [-0.25, -0.2) is 0 Å². The number of benzene rings is 2. The predicted octanol–water partition coefficient (Wildman–Crippen LogP) is 2.82. The van der Waals surface area contributed by atoms with Crippen molar-refractivity contribution in [1.29, 1.82) is 0 Å². The Kier molecular flexibility index (Phi) is 3.35. The summed E-state index contributed by atoms with van der Waals surface area (Å²) >= 11 is 0. The van der Waals surface area contributed by atoms with Gasteiger partial charge in [0.1, 0.15) is 5.75 Å². The number of nitrogens with one attached hydrogen (secondary N) is 2. The van der Waals surface area contributed by atoms with E-state index in [4.69, 9.17) is 4.74 Å². The van der Waals surface area contributed by atoms with Crippen molar-refractivity contribution < 1.29 is 14.3 Å². The molecule has 24 heavy (non-hydrogen) atoms. The van der Waals surface area contributed by atoms with Crippen molar-refractivity contribution in [1.82, 2.24) is 4.98 Å². The summed E-state index contributed by atoms with van der Waals surface area (Å²) in [5.74, 6) is 0.125. The fourth-order valence-electron chi connectivity index (χ4n) is 2.57. The number of nitrogens with zero attached hydrogens (tertiary/aromatic N) is 1. The van der Waals surface area contributed by atoms with E-state index in [1.165, 1.54) is 0 Å². The van der Waals surface area contributed by atoms with Crippen molar-refractivity contribution >= 4 is 34.1 Å². The molecule has 2 N–H and O–H groups in total. The molecule has 6 nitrogen and oxygen atoms in total. The number of hydrogen-bond donors (Lipinski definition) is 2. The highest BCUT2D eigenvalue weighted by Gasteiger charge is 2.16. The van der Waals surface area contributed by atoms with Crippen molar-refractivity contribution in [3.8, 4) is 5.75 Å². The summed E-state index contributed by atoms with van der Waals surface area (Å²) in [7, 11) is 0. The standard InChI is InChI=1S/C18H13N3O3/c22-17-10-24-16-9-13(4-6-15(16)21-17)20-18(23)12-3-5-14-11(8-12)2-1-7-19-14/h1-9H,10H2,(H,20,23)(H,21,22). The SMILES string of the molecule is O=C1COc2cc(NC(=O)c3ccc4ncccc4c3)ccc2N1. The number of fused-ring (bicyclic) bond motifs is 2. The molecule has 3 aromatic rings. The molecular formula is C18H13N3O3. The van der Waals surface area contributed by atoms with E-state index in [0.29, 0.717) is 22.7 Å². The largest absolute Gasteiger partial charge is 0.482 e. The second-order valence-electron chi connectivity index (χ2n) is 5.41. The van der Waals surface area contributed by atoms with Gasteiger partial charge in [-0.15, -0.1) is 0 Å². The summed E-state index contributed by atoms with van der Waals surface area (Å²) in [6.07, 6.45) is 1.72. The molecule has 0 spiro atoms. The van der Waals surface area contributed by atoms with Gasteiger partial charge in [-0.2, -0.15) is 0 Å². The second-order valence-corrected chi connectivity index (χ2v) is 5.41. The number of rotatable bonds is 2. The maximum atomic E-state index is 12.4. The minimum atomic E-state index is -0.222. The molecule has 0 radical (unpaired) electrons. The number of ether oxygens (including phenoxy) is 1. The molecular weight excluding hydrogens is 306 g/mol. The first-order valence-electron chi connectivity index (χ1n) is 7.42. The van der Waals surface area contributed by atoms with Crippen molar-refractivity contribution in [3.05, 3.63) is 60.3 Å². The Labute approximate surface area is 137 Å². The fraction of sp³-hybridized carbons (Fsp3) is 0.0556. The number of anilines is 2. The zero-order chi connectivity index (χ0) is 16.5. The van der Waals surface area contributed by atoms with Crippen LogP contribution in [0.3, 0.4) is 0 Å². The molecule has 4 rings (SSSR count). The number of carbonyl (C=O) groups excluding carboxylic acids is 2. The van der Waals surface area contributed by atoms with Crippen LogP contribution in [0.15, 0.2) is 54.7 Å². The molecule has 118 valence electrons. The molecule has 0 aliphatic carbocycles. The minimum absolute atomic E-state index is 0.0257. The maximum absolute atomic E-state index is 12.4. The molecule has 2 amide bonds. The topological polar surface area (TPSA) is 80.3 Å². The average Bonchev–Trinajstić information content (AvgIpc) is 2.61. The Morgan fingerprint density at radius 3 is 3.00 bits per heavy atom. The lowest BCUT2D eigenvalue weighted by atomic mass is 10.1. The minimum Gasteiger partial charge on any atom is -0.482 e. The van der Waals surface area contributed by atoms with Crippen LogP contribution in [0.2, 0.25) is 0 Å². The van der Waals surface area contributed by atoms with Gasteiger partial charge < -0.3 is 15.4 Å². The molecule has 0 unspecified atom stereocenters. The van der Waals surface area contributed by atoms with Gasteiger partial charge in [0.25, 0.3) is 11.8 Å². The summed E-state index contributed by atoms with van der Waals surface area (Å²) in [5.41, 5.74) is 2.58. The van der Waals surface area contributed by atoms with E-state index in [1.54, 1.807) is 36.5 Å². The molecule has 6 heteroatoms. The van der Waals surface area contributed by atoms with Crippen molar-refractivity contribution in [2.24, 2.45) is 0 Å². The third-order valence-corrected chi connectivity index (χ3v) is 3.74. The van der Waals surface area contributed by atoms with Gasteiger partial charge in [0.15, 0.2) is 6.61 Å². The van der Waals surface area contributed by atoms with E-state index in [-0.39, 0.29) is 18.4 Å². The summed E-state index contributed by atoms with van der Waals surface area (Å²) in [6, 6.07) is 14.2. The van der Waals surface area contributed by atoms with Crippen molar-refractivity contribution in [3.63, 3.8) is 0 Å². The van der Waals surface area contributed by atoms with Crippen molar-refractivity contribution in [2.45, 2.75) is 0 Å². The van der Waals surface area contributed by atoms with E-state index in [1.807, 2.05) is 18.2 Å². The Morgan fingerprint density at radius 2 is 2.08 bits per heavy atom. The van der Waals surface area contributed by atoms with Gasteiger partial charge in [0.05, 0.1) is 11.2 Å². The fourth-order valence-corrected chi connectivity index (χ4v) is 2.57. The van der Waals surface area contributed by atoms with Crippen LogP contribution in [-0.2, 0) is 4.79 Å². The molecule has 1 aromatic heterocycles. The van der Waals surface area contributed by atoms with Gasteiger partial charge in [-0.05, 0) is 36.4 Å². The highest BCUT2D eigenvalue weighted by molar-refractivity contribution is 6.06. The molecule has 1 aliphatic rings. The average molecular weight is 319 g/mol. The molecule has 0 bridgehead atoms. The smallest absolute Gasteiger partial charge is 0.262 e. The number of hydrogen-bond acceptors (Lipinski definition) is 4. The number of carbonyl (C=O) groups is 2. The van der Waals surface area contributed by atoms with Gasteiger partial charge in [0.2, 0.25) is 0 Å². The van der Waals surface area contributed by atoms with Crippen LogP contribution in [0.25, 0.3) is 10.9 Å². The highest BCUT2D eigenvalue weighted by atomic mass is 16.5. The molecule has 2 heterocycles. The Morgan fingerprint density at radius 1 is 1.17 bits per heavy atom. The summed E-state index contributed by atoms with van der Waals surface area (Å²) in [5, 5.41) is 6.45. The van der Waals surface area contributed by atoms with Crippen LogP contribution in [0, 0.1) is 0 Å². The Balaban J connectivity index is 1.58. The first-order chi connectivity index (χ1) is 11.7. The second kappa shape index (κ2) is 5.66. The van der Waals surface area contributed by atoms with Crippen LogP contribution in [0.4, 0.5) is 11.4 Å². The number of aromatic nitrogens is 1. The predicted molar refractivity (Wildman–Crippen MR) is 90.3 cm³/mol. The Hall–Kier alpha value is -3.41. The van der Waals surface area contributed by atoms with Crippen LogP contribution in [0.5, 0.6) is 5.75 Å². The van der Waals surface area contributed by atoms with E-state index >= 15 is 0 Å². The molecule has 1 aliphatic heterocycles. The molecule has 0 saturated heterocycles. The van der Waals surface area contributed by atoms with E-state index in [2.05, 4.69) is 15.6 Å². The van der Waals surface area contributed by atoms with Crippen molar-refractivity contribution in [2.75, 3.05) is 17.2 Å². The molecule has 0 atom stereocenters. The highest BCUT2D eigenvalue weighted by Crippen LogP contribution is 2.30. The van der Waals surface area contributed by atoms with E-state index in [0.717, 1.165) is 10.9 Å². The third-order valence-electron chi connectivity index (χ3n) is 3.74. The van der Waals surface area contributed by atoms with Gasteiger partial charge in [-0.1, -0.05) is 6.07 Å². The third kappa shape index (κ3) is 2.65. The lowest BCUT2D eigenvalue weighted by Gasteiger charge is -2.18. The number of pyridine rings is 1. The lowest BCUT2D eigenvalue weighted by Crippen LogP contribution is -2.25. The van der Waals surface area contributed by atoms with Gasteiger partial charge in [0, 0.05) is 28.9 Å². The maximum Gasteiger partial charge on any atom is 0.262 e.